The molecular formula is C12H19N3O2. The summed E-state index contributed by atoms with van der Waals surface area (Å²) >= 11 is 0. The Bertz CT molecular complexity index is 420. The zero-order valence-corrected chi connectivity index (χ0v) is 10.6. The van der Waals surface area contributed by atoms with E-state index in [1.165, 1.54) is 0 Å². The van der Waals surface area contributed by atoms with Gasteiger partial charge in [-0.1, -0.05) is 0 Å². The van der Waals surface area contributed by atoms with Crippen LogP contribution in [0.2, 0.25) is 0 Å². The van der Waals surface area contributed by atoms with Crippen molar-refractivity contribution in [2.45, 2.75) is 20.3 Å². The van der Waals surface area contributed by atoms with Crippen molar-refractivity contribution in [3.8, 4) is 0 Å². The van der Waals surface area contributed by atoms with E-state index in [0.29, 0.717) is 18.0 Å². The highest BCUT2D eigenvalue weighted by Crippen LogP contribution is 2.13. The molecule has 1 amide bonds. The molecule has 0 spiro atoms. The fourth-order valence-electron chi connectivity index (χ4n) is 2.17. The van der Waals surface area contributed by atoms with Crippen molar-refractivity contribution in [2.24, 2.45) is 13.0 Å². The predicted molar refractivity (Wildman–Crippen MR) is 63.9 cm³/mol. The zero-order chi connectivity index (χ0) is 12.4. The summed E-state index contributed by atoms with van der Waals surface area (Å²) in [6.07, 6.45) is 1.03. The number of nitrogens with zero attached hydrogens (tertiary/aromatic N) is 2. The van der Waals surface area contributed by atoms with E-state index in [9.17, 15) is 4.79 Å². The minimum Gasteiger partial charge on any atom is -0.381 e. The number of rotatable bonds is 3. The molecule has 0 aliphatic carbocycles. The summed E-state index contributed by atoms with van der Waals surface area (Å²) in [5.74, 6) is 0.427. The van der Waals surface area contributed by atoms with Crippen molar-refractivity contribution in [3.63, 3.8) is 0 Å². The number of nitrogens with one attached hydrogen (secondary N) is 1. The zero-order valence-electron chi connectivity index (χ0n) is 10.6. The summed E-state index contributed by atoms with van der Waals surface area (Å²) in [4.78, 5) is 12.1. The average Bonchev–Trinajstić information content (AvgIpc) is 2.86. The number of aryl methyl sites for hydroxylation is 2. The van der Waals surface area contributed by atoms with Gasteiger partial charge in [0.1, 0.15) is 0 Å². The second-order valence-electron chi connectivity index (χ2n) is 4.61. The van der Waals surface area contributed by atoms with Crippen LogP contribution >= 0.6 is 0 Å². The maximum atomic E-state index is 12.1. The van der Waals surface area contributed by atoms with Gasteiger partial charge in [0.15, 0.2) is 0 Å². The first-order chi connectivity index (χ1) is 8.09. The average molecular weight is 237 g/mol. The van der Waals surface area contributed by atoms with E-state index in [0.717, 1.165) is 31.0 Å². The van der Waals surface area contributed by atoms with Crippen LogP contribution in [-0.4, -0.2) is 35.4 Å². The Morgan fingerprint density at radius 2 is 2.35 bits per heavy atom. The fourth-order valence-corrected chi connectivity index (χ4v) is 2.17. The van der Waals surface area contributed by atoms with E-state index in [-0.39, 0.29) is 5.91 Å². The topological polar surface area (TPSA) is 56.2 Å². The molecule has 17 heavy (non-hydrogen) atoms. The molecule has 0 radical (unpaired) electrons. The van der Waals surface area contributed by atoms with Gasteiger partial charge in [0.2, 0.25) is 0 Å². The van der Waals surface area contributed by atoms with E-state index in [1.54, 1.807) is 4.68 Å². The van der Waals surface area contributed by atoms with Gasteiger partial charge in [0.05, 0.1) is 17.9 Å². The van der Waals surface area contributed by atoms with Crippen LogP contribution in [0.5, 0.6) is 0 Å². The lowest BCUT2D eigenvalue weighted by atomic mass is 10.1. The molecule has 0 saturated carbocycles. The number of ether oxygens (including phenoxy) is 1. The molecule has 1 atom stereocenters. The van der Waals surface area contributed by atoms with Gasteiger partial charge in [0, 0.05) is 31.8 Å². The molecule has 1 aromatic rings. The van der Waals surface area contributed by atoms with Crippen molar-refractivity contribution < 1.29 is 9.53 Å². The minimum absolute atomic E-state index is 0.0278. The Kier molecular flexibility index (Phi) is 3.47. The Morgan fingerprint density at radius 1 is 1.59 bits per heavy atom. The van der Waals surface area contributed by atoms with Gasteiger partial charge in [-0.05, 0) is 20.3 Å². The van der Waals surface area contributed by atoms with Gasteiger partial charge in [-0.15, -0.1) is 0 Å². The standard InChI is InChI=1S/C12H19N3O2/c1-8-11(9(2)15(3)14-8)12(16)13-6-10-4-5-17-7-10/h10H,4-7H2,1-3H3,(H,13,16). The van der Waals surface area contributed by atoms with Crippen LogP contribution in [0.3, 0.4) is 0 Å². The molecule has 2 rings (SSSR count). The number of carbonyl (C=O) groups is 1. The first-order valence-electron chi connectivity index (χ1n) is 5.95. The number of aromatic nitrogens is 2. The smallest absolute Gasteiger partial charge is 0.255 e. The molecule has 5 nitrogen and oxygen atoms in total. The molecule has 94 valence electrons. The quantitative estimate of drug-likeness (QED) is 0.846. The van der Waals surface area contributed by atoms with E-state index < -0.39 is 0 Å². The molecule has 1 N–H and O–H groups in total. The van der Waals surface area contributed by atoms with Crippen LogP contribution in [-0.2, 0) is 11.8 Å². The van der Waals surface area contributed by atoms with Gasteiger partial charge in [-0.3, -0.25) is 9.48 Å². The van der Waals surface area contributed by atoms with Gasteiger partial charge in [-0.25, -0.2) is 0 Å². The van der Waals surface area contributed by atoms with Crippen LogP contribution in [0.25, 0.3) is 0 Å². The predicted octanol–water partition coefficient (Wildman–Crippen LogP) is 0.803. The van der Waals surface area contributed by atoms with Gasteiger partial charge in [-0.2, -0.15) is 5.10 Å². The monoisotopic (exact) mass is 237 g/mol. The lowest BCUT2D eigenvalue weighted by Crippen LogP contribution is -2.30. The summed E-state index contributed by atoms with van der Waals surface area (Å²) in [5, 5.41) is 7.21. The van der Waals surface area contributed by atoms with Crippen molar-refractivity contribution >= 4 is 5.91 Å². The van der Waals surface area contributed by atoms with Gasteiger partial charge >= 0.3 is 0 Å². The number of hydrogen-bond acceptors (Lipinski definition) is 3. The summed E-state index contributed by atoms with van der Waals surface area (Å²) in [7, 11) is 1.85. The molecular weight excluding hydrogens is 218 g/mol. The van der Waals surface area contributed by atoms with Crippen molar-refractivity contribution in [1.29, 1.82) is 0 Å². The third-order valence-corrected chi connectivity index (χ3v) is 3.31. The van der Waals surface area contributed by atoms with Crippen molar-refractivity contribution in [1.82, 2.24) is 15.1 Å². The lowest BCUT2D eigenvalue weighted by Gasteiger charge is -2.09. The molecule has 1 aliphatic heterocycles. The lowest BCUT2D eigenvalue weighted by molar-refractivity contribution is 0.0943. The maximum absolute atomic E-state index is 12.1. The summed E-state index contributed by atoms with van der Waals surface area (Å²) in [6.45, 7) is 6.03. The maximum Gasteiger partial charge on any atom is 0.255 e. The van der Waals surface area contributed by atoms with Crippen molar-refractivity contribution in [2.75, 3.05) is 19.8 Å². The fraction of sp³-hybridized carbons (Fsp3) is 0.667. The number of hydrogen-bond donors (Lipinski definition) is 1. The number of carbonyl (C=O) groups excluding carboxylic acids is 1. The molecule has 0 bridgehead atoms. The Labute approximate surface area is 101 Å². The SMILES string of the molecule is Cc1nn(C)c(C)c1C(=O)NCC1CCOC1. The van der Waals surface area contributed by atoms with Crippen LogP contribution < -0.4 is 5.32 Å². The molecule has 5 heteroatoms. The Morgan fingerprint density at radius 3 is 2.88 bits per heavy atom. The third-order valence-electron chi connectivity index (χ3n) is 3.31. The number of amides is 1. The molecule has 1 saturated heterocycles. The Balaban J connectivity index is 1.99. The largest absolute Gasteiger partial charge is 0.381 e. The van der Waals surface area contributed by atoms with Gasteiger partial charge < -0.3 is 10.1 Å². The second kappa shape index (κ2) is 4.87. The highest BCUT2D eigenvalue weighted by atomic mass is 16.5. The van der Waals surface area contributed by atoms with Crippen molar-refractivity contribution in [3.05, 3.63) is 17.0 Å². The molecule has 1 aliphatic rings. The van der Waals surface area contributed by atoms with E-state index in [4.69, 9.17) is 4.74 Å². The first-order valence-corrected chi connectivity index (χ1v) is 5.95. The second-order valence-corrected chi connectivity index (χ2v) is 4.61. The molecule has 0 aromatic carbocycles. The van der Waals surface area contributed by atoms with Crippen LogP contribution in [0.1, 0.15) is 28.2 Å². The van der Waals surface area contributed by atoms with Crippen LogP contribution in [0.15, 0.2) is 0 Å². The Hall–Kier alpha value is -1.36. The van der Waals surface area contributed by atoms with E-state index in [2.05, 4.69) is 10.4 Å². The molecule has 1 fully saturated rings. The highest BCUT2D eigenvalue weighted by molar-refractivity contribution is 5.96. The summed E-state index contributed by atoms with van der Waals surface area (Å²) in [6, 6.07) is 0. The highest BCUT2D eigenvalue weighted by Gasteiger charge is 2.20. The normalized spacial score (nSPS) is 19.6. The third kappa shape index (κ3) is 2.49. The van der Waals surface area contributed by atoms with Crippen LogP contribution in [0.4, 0.5) is 0 Å². The molecule has 1 aromatic heterocycles. The first kappa shape index (κ1) is 12.1. The van der Waals surface area contributed by atoms with E-state index in [1.807, 2.05) is 20.9 Å². The van der Waals surface area contributed by atoms with Gasteiger partial charge in [0.25, 0.3) is 5.91 Å². The van der Waals surface area contributed by atoms with Crippen LogP contribution in [0, 0.1) is 19.8 Å². The van der Waals surface area contributed by atoms with E-state index >= 15 is 0 Å². The molecule has 1 unspecified atom stereocenters. The minimum atomic E-state index is -0.0278. The summed E-state index contributed by atoms with van der Waals surface area (Å²) in [5.41, 5.74) is 2.39. The summed E-state index contributed by atoms with van der Waals surface area (Å²) < 4.78 is 7.02. The molecule has 2 heterocycles.